The molecule has 0 spiro atoms. The van der Waals surface area contributed by atoms with Crippen molar-refractivity contribution in [1.29, 1.82) is 0 Å². The van der Waals surface area contributed by atoms with Crippen molar-refractivity contribution < 1.29 is 0 Å². The molecule has 0 aromatic heterocycles. The van der Waals surface area contributed by atoms with E-state index in [1.54, 1.807) is 0 Å². The minimum Gasteiger partial charge on any atom is -0.371 e. The molecule has 19 heavy (non-hydrogen) atoms. The van der Waals surface area contributed by atoms with Gasteiger partial charge in [0.25, 0.3) is 0 Å². The summed E-state index contributed by atoms with van der Waals surface area (Å²) >= 11 is 1.91. The van der Waals surface area contributed by atoms with Gasteiger partial charge in [-0.1, -0.05) is 24.6 Å². The van der Waals surface area contributed by atoms with Gasteiger partial charge >= 0.3 is 0 Å². The maximum atomic E-state index is 5.99. The minimum absolute atomic E-state index is 0.203. The molecule has 0 heterocycles. The molecular formula is C16H28N2S. The van der Waals surface area contributed by atoms with E-state index in [-0.39, 0.29) is 6.04 Å². The molecular weight excluding hydrogens is 252 g/mol. The normalized spacial score (nSPS) is 14.2. The van der Waals surface area contributed by atoms with Gasteiger partial charge < -0.3 is 10.6 Å². The number of aryl methyl sites for hydroxylation is 1. The lowest BCUT2D eigenvalue weighted by molar-refractivity contribution is 0.664. The van der Waals surface area contributed by atoms with Crippen LogP contribution < -0.4 is 10.6 Å². The SMILES string of the molecule is CCC(CSC)N(C)c1ccc(C)cc1CC(C)N. The quantitative estimate of drug-likeness (QED) is 0.829. The summed E-state index contributed by atoms with van der Waals surface area (Å²) in [4.78, 5) is 2.42. The first-order chi connectivity index (χ1) is 8.99. The molecule has 3 heteroatoms. The number of thioether (sulfide) groups is 1. The Labute approximate surface area is 122 Å². The highest BCUT2D eigenvalue weighted by molar-refractivity contribution is 7.98. The first-order valence-corrected chi connectivity index (χ1v) is 8.45. The van der Waals surface area contributed by atoms with E-state index in [1.807, 2.05) is 11.8 Å². The Morgan fingerprint density at radius 2 is 2.05 bits per heavy atom. The number of rotatable bonds is 7. The number of nitrogens with zero attached hydrogens (tertiary/aromatic N) is 1. The minimum atomic E-state index is 0.203. The van der Waals surface area contributed by atoms with E-state index in [0.717, 1.165) is 6.42 Å². The third-order valence-corrected chi connectivity index (χ3v) is 4.25. The second kappa shape index (κ2) is 7.81. The van der Waals surface area contributed by atoms with E-state index in [0.29, 0.717) is 6.04 Å². The summed E-state index contributed by atoms with van der Waals surface area (Å²) in [5.74, 6) is 1.17. The Morgan fingerprint density at radius 1 is 1.37 bits per heavy atom. The highest BCUT2D eigenvalue weighted by atomic mass is 32.2. The average molecular weight is 280 g/mol. The van der Waals surface area contributed by atoms with E-state index < -0.39 is 0 Å². The predicted molar refractivity (Wildman–Crippen MR) is 89.4 cm³/mol. The van der Waals surface area contributed by atoms with Crippen molar-refractivity contribution in [2.45, 2.75) is 45.7 Å². The van der Waals surface area contributed by atoms with E-state index in [2.05, 4.69) is 57.2 Å². The standard InChI is InChI=1S/C16H28N2S/c1-6-15(11-19-5)18(4)16-8-7-12(2)9-14(16)10-13(3)17/h7-9,13,15H,6,10-11,17H2,1-5H3. The van der Waals surface area contributed by atoms with Crippen LogP contribution in [0.15, 0.2) is 18.2 Å². The summed E-state index contributed by atoms with van der Waals surface area (Å²) < 4.78 is 0. The van der Waals surface area contributed by atoms with Crippen molar-refractivity contribution in [3.05, 3.63) is 29.3 Å². The molecule has 0 amide bonds. The lowest BCUT2D eigenvalue weighted by Gasteiger charge is -2.31. The summed E-state index contributed by atoms with van der Waals surface area (Å²) in [7, 11) is 2.21. The summed E-state index contributed by atoms with van der Waals surface area (Å²) in [5.41, 5.74) is 10.0. The third-order valence-electron chi connectivity index (χ3n) is 3.53. The second-order valence-electron chi connectivity index (χ2n) is 5.44. The third kappa shape index (κ3) is 4.73. The molecule has 0 aliphatic heterocycles. The van der Waals surface area contributed by atoms with Crippen molar-refractivity contribution in [3.8, 4) is 0 Å². The first-order valence-electron chi connectivity index (χ1n) is 7.06. The van der Waals surface area contributed by atoms with Gasteiger partial charge in [0.1, 0.15) is 0 Å². The van der Waals surface area contributed by atoms with Crippen molar-refractivity contribution in [1.82, 2.24) is 0 Å². The molecule has 0 aliphatic rings. The Kier molecular flexibility index (Phi) is 6.73. The Morgan fingerprint density at radius 3 is 2.58 bits per heavy atom. The summed E-state index contributed by atoms with van der Waals surface area (Å²) in [6.45, 7) is 6.48. The lowest BCUT2D eigenvalue weighted by atomic mass is 10.0. The van der Waals surface area contributed by atoms with E-state index >= 15 is 0 Å². The van der Waals surface area contributed by atoms with Crippen LogP contribution in [0.2, 0.25) is 0 Å². The maximum absolute atomic E-state index is 5.99. The molecule has 1 aromatic carbocycles. The number of anilines is 1. The molecule has 1 aromatic rings. The fourth-order valence-electron chi connectivity index (χ4n) is 2.46. The van der Waals surface area contributed by atoms with Crippen molar-refractivity contribution in [2.75, 3.05) is 24.0 Å². The van der Waals surface area contributed by atoms with Gasteiger partial charge in [-0.15, -0.1) is 0 Å². The van der Waals surface area contributed by atoms with Crippen molar-refractivity contribution in [2.24, 2.45) is 5.73 Å². The van der Waals surface area contributed by atoms with Crippen molar-refractivity contribution in [3.63, 3.8) is 0 Å². The molecule has 1 rings (SSSR count). The van der Waals surface area contributed by atoms with Crippen LogP contribution in [-0.4, -0.2) is 31.1 Å². The van der Waals surface area contributed by atoms with Crippen LogP contribution in [0.1, 0.15) is 31.4 Å². The zero-order chi connectivity index (χ0) is 14.4. The fourth-order valence-corrected chi connectivity index (χ4v) is 3.31. The van der Waals surface area contributed by atoms with Gasteiger partial charge in [-0.05, 0) is 44.6 Å². The van der Waals surface area contributed by atoms with Crippen LogP contribution in [0.3, 0.4) is 0 Å². The number of benzene rings is 1. The predicted octanol–water partition coefficient (Wildman–Crippen LogP) is 3.46. The average Bonchev–Trinajstić information content (AvgIpc) is 2.34. The molecule has 0 radical (unpaired) electrons. The molecule has 2 N–H and O–H groups in total. The van der Waals surface area contributed by atoms with Gasteiger partial charge in [0.2, 0.25) is 0 Å². The zero-order valence-corrected chi connectivity index (χ0v) is 13.8. The highest BCUT2D eigenvalue weighted by Crippen LogP contribution is 2.25. The Balaban J connectivity index is 3.03. The van der Waals surface area contributed by atoms with Crippen LogP contribution in [0.4, 0.5) is 5.69 Å². The second-order valence-corrected chi connectivity index (χ2v) is 6.35. The molecule has 2 nitrogen and oxygen atoms in total. The molecule has 0 saturated heterocycles. The van der Waals surface area contributed by atoms with Gasteiger partial charge in [-0.25, -0.2) is 0 Å². The van der Waals surface area contributed by atoms with Gasteiger partial charge in [0.05, 0.1) is 0 Å². The molecule has 0 saturated carbocycles. The Hall–Kier alpha value is -0.670. The van der Waals surface area contributed by atoms with Crippen LogP contribution in [0, 0.1) is 6.92 Å². The monoisotopic (exact) mass is 280 g/mol. The van der Waals surface area contributed by atoms with Gasteiger partial charge in [-0.2, -0.15) is 11.8 Å². The first kappa shape index (κ1) is 16.4. The molecule has 2 unspecified atom stereocenters. The molecule has 0 aliphatic carbocycles. The van der Waals surface area contributed by atoms with E-state index in [1.165, 1.54) is 29.0 Å². The number of nitrogens with two attached hydrogens (primary N) is 1. The summed E-state index contributed by atoms with van der Waals surface area (Å²) in [6, 6.07) is 7.51. The van der Waals surface area contributed by atoms with Crippen LogP contribution in [0.5, 0.6) is 0 Å². The van der Waals surface area contributed by atoms with Crippen molar-refractivity contribution >= 4 is 17.4 Å². The number of hydrogen-bond donors (Lipinski definition) is 1. The maximum Gasteiger partial charge on any atom is 0.0399 e. The molecule has 108 valence electrons. The van der Waals surface area contributed by atoms with Gasteiger partial charge in [0, 0.05) is 30.6 Å². The smallest absolute Gasteiger partial charge is 0.0399 e. The molecule has 0 fully saturated rings. The largest absolute Gasteiger partial charge is 0.371 e. The lowest BCUT2D eigenvalue weighted by Crippen LogP contribution is -2.34. The van der Waals surface area contributed by atoms with E-state index in [9.17, 15) is 0 Å². The fraction of sp³-hybridized carbons (Fsp3) is 0.625. The highest BCUT2D eigenvalue weighted by Gasteiger charge is 2.16. The molecule has 0 bridgehead atoms. The topological polar surface area (TPSA) is 29.3 Å². The van der Waals surface area contributed by atoms with Gasteiger partial charge in [0.15, 0.2) is 0 Å². The van der Waals surface area contributed by atoms with Gasteiger partial charge in [-0.3, -0.25) is 0 Å². The number of hydrogen-bond acceptors (Lipinski definition) is 3. The van der Waals surface area contributed by atoms with Crippen LogP contribution >= 0.6 is 11.8 Å². The summed E-state index contributed by atoms with van der Waals surface area (Å²) in [6.07, 6.45) is 4.29. The van der Waals surface area contributed by atoms with E-state index in [4.69, 9.17) is 5.73 Å². The zero-order valence-electron chi connectivity index (χ0n) is 12.9. The van der Waals surface area contributed by atoms with Crippen LogP contribution in [0.25, 0.3) is 0 Å². The summed E-state index contributed by atoms with van der Waals surface area (Å²) in [5, 5.41) is 0. The van der Waals surface area contributed by atoms with Crippen LogP contribution in [-0.2, 0) is 6.42 Å². The molecule has 2 atom stereocenters. The Bertz CT molecular complexity index is 390.